The van der Waals surface area contributed by atoms with E-state index in [0.717, 1.165) is 19.4 Å². The minimum atomic E-state index is -2.42. The van der Waals surface area contributed by atoms with E-state index in [9.17, 15) is 4.21 Å². The first-order valence-corrected chi connectivity index (χ1v) is 5.91. The van der Waals surface area contributed by atoms with E-state index in [1.54, 1.807) is 13.2 Å². The van der Waals surface area contributed by atoms with Crippen LogP contribution in [0.25, 0.3) is 0 Å². The average molecular weight is 174 g/mol. The van der Waals surface area contributed by atoms with Gasteiger partial charge in [0.05, 0.1) is 6.07 Å². The molecule has 11 heavy (non-hydrogen) atoms. The van der Waals surface area contributed by atoms with Crippen molar-refractivity contribution in [1.82, 2.24) is 4.72 Å². The van der Waals surface area contributed by atoms with Gasteiger partial charge in [-0.3, -0.25) is 8.93 Å². The highest BCUT2D eigenvalue weighted by Crippen LogP contribution is 2.28. The maximum Gasteiger partial charge on any atom is 0.118 e. The predicted molar refractivity (Wildman–Crippen MR) is 46.7 cm³/mol. The second-order valence-corrected chi connectivity index (χ2v) is 6.47. The van der Waals surface area contributed by atoms with Crippen molar-refractivity contribution in [3.8, 4) is 6.07 Å². The molecule has 1 atom stereocenters. The van der Waals surface area contributed by atoms with Gasteiger partial charge in [0.25, 0.3) is 0 Å². The standard InChI is InChI=1S/C7H14N2OS/c1-7(6-8)4-3-5-9-11(7,2)10/h11H,3-5H2,1-2H3,(H,9,10). The van der Waals surface area contributed by atoms with Gasteiger partial charge in [-0.15, -0.1) is 0 Å². The van der Waals surface area contributed by atoms with Crippen molar-refractivity contribution < 1.29 is 4.21 Å². The van der Waals surface area contributed by atoms with Crippen LogP contribution in [-0.4, -0.2) is 21.8 Å². The van der Waals surface area contributed by atoms with Crippen LogP contribution in [0.5, 0.6) is 0 Å². The van der Waals surface area contributed by atoms with Gasteiger partial charge in [-0.1, -0.05) is 0 Å². The van der Waals surface area contributed by atoms with E-state index in [1.165, 1.54) is 0 Å². The molecule has 0 radical (unpaired) electrons. The SMILES string of the molecule is CC1(C#N)CCCN[SH]1(C)=O. The lowest BCUT2D eigenvalue weighted by atomic mass is 10.1. The molecule has 1 N–H and O–H groups in total. The Morgan fingerprint density at radius 2 is 2.36 bits per heavy atom. The van der Waals surface area contributed by atoms with E-state index in [2.05, 4.69) is 10.8 Å². The number of nitrogens with zero attached hydrogens (tertiary/aromatic N) is 1. The van der Waals surface area contributed by atoms with Crippen LogP contribution in [-0.2, 0) is 10.1 Å². The summed E-state index contributed by atoms with van der Waals surface area (Å²) in [6.07, 6.45) is 3.36. The minimum absolute atomic E-state index is 0.634. The fourth-order valence-electron chi connectivity index (χ4n) is 1.26. The summed E-state index contributed by atoms with van der Waals surface area (Å²) in [5.41, 5.74) is 0. The number of thiol groups is 1. The van der Waals surface area contributed by atoms with Crippen LogP contribution in [0.1, 0.15) is 19.8 Å². The highest BCUT2D eigenvalue weighted by Gasteiger charge is 2.38. The molecule has 0 aliphatic carbocycles. The van der Waals surface area contributed by atoms with Crippen LogP contribution >= 0.6 is 0 Å². The van der Waals surface area contributed by atoms with Gasteiger partial charge in [0, 0.05) is 12.8 Å². The number of rotatable bonds is 0. The fraction of sp³-hybridized carbons (Fsp3) is 0.857. The van der Waals surface area contributed by atoms with E-state index in [0.29, 0.717) is 0 Å². The summed E-state index contributed by atoms with van der Waals surface area (Å²) in [6.45, 7) is 2.56. The van der Waals surface area contributed by atoms with Crippen LogP contribution in [0.2, 0.25) is 0 Å². The number of nitrogens with one attached hydrogen (secondary N) is 1. The molecule has 3 nitrogen and oxygen atoms in total. The zero-order valence-electron chi connectivity index (χ0n) is 6.92. The van der Waals surface area contributed by atoms with Crippen LogP contribution in [0.4, 0.5) is 0 Å². The van der Waals surface area contributed by atoms with Crippen molar-refractivity contribution >= 4 is 10.1 Å². The number of nitriles is 1. The van der Waals surface area contributed by atoms with E-state index >= 15 is 0 Å². The molecule has 0 bridgehead atoms. The lowest BCUT2D eigenvalue weighted by Gasteiger charge is -2.38. The molecule has 0 aromatic rings. The van der Waals surface area contributed by atoms with E-state index < -0.39 is 14.9 Å². The smallest absolute Gasteiger partial charge is 0.118 e. The normalized spacial score (nSPS) is 39.0. The zero-order chi connectivity index (χ0) is 8.54. The van der Waals surface area contributed by atoms with Gasteiger partial charge in [-0.25, -0.2) is 0 Å². The van der Waals surface area contributed by atoms with Gasteiger partial charge < -0.3 is 0 Å². The van der Waals surface area contributed by atoms with Gasteiger partial charge in [0.1, 0.15) is 4.75 Å². The Morgan fingerprint density at radius 3 is 2.73 bits per heavy atom. The fourth-order valence-corrected chi connectivity index (χ4v) is 2.97. The quantitative estimate of drug-likeness (QED) is 0.516. The summed E-state index contributed by atoms with van der Waals surface area (Å²) in [5.74, 6) is 0. The monoisotopic (exact) mass is 174 g/mol. The molecule has 1 unspecified atom stereocenters. The lowest BCUT2D eigenvalue weighted by Crippen LogP contribution is -2.52. The van der Waals surface area contributed by atoms with Crippen molar-refractivity contribution in [2.75, 3.05) is 12.8 Å². The summed E-state index contributed by atoms with van der Waals surface area (Å²) in [4.78, 5) is 0. The molecule has 0 aromatic carbocycles. The van der Waals surface area contributed by atoms with E-state index in [-0.39, 0.29) is 0 Å². The van der Waals surface area contributed by atoms with Crippen molar-refractivity contribution in [2.45, 2.75) is 24.5 Å². The van der Waals surface area contributed by atoms with Crippen LogP contribution in [0.3, 0.4) is 0 Å². The summed E-state index contributed by atoms with van der Waals surface area (Å²) >= 11 is 0. The maximum atomic E-state index is 11.8. The Bertz CT molecular complexity index is 245. The highest BCUT2D eigenvalue weighted by molar-refractivity contribution is 8.02. The Morgan fingerprint density at radius 1 is 1.73 bits per heavy atom. The second kappa shape index (κ2) is 2.58. The maximum absolute atomic E-state index is 11.8. The molecule has 0 aromatic heterocycles. The summed E-state index contributed by atoms with van der Waals surface area (Å²) in [6, 6.07) is 2.14. The molecule has 1 fully saturated rings. The molecule has 4 heteroatoms. The molecule has 0 spiro atoms. The molecule has 64 valence electrons. The van der Waals surface area contributed by atoms with Crippen LogP contribution in [0.15, 0.2) is 0 Å². The van der Waals surface area contributed by atoms with Crippen molar-refractivity contribution in [2.24, 2.45) is 0 Å². The summed E-state index contributed by atoms with van der Waals surface area (Å²) in [5, 5.41) is 8.82. The Balaban J connectivity index is 2.95. The van der Waals surface area contributed by atoms with Gasteiger partial charge >= 0.3 is 0 Å². The van der Waals surface area contributed by atoms with Crippen molar-refractivity contribution in [3.63, 3.8) is 0 Å². The van der Waals surface area contributed by atoms with Gasteiger partial charge in [-0.05, 0) is 29.9 Å². The highest BCUT2D eigenvalue weighted by atomic mass is 32.3. The first-order chi connectivity index (χ1) is 5.02. The Hall–Kier alpha value is -0.400. The third-order valence-electron chi connectivity index (χ3n) is 2.44. The molecule has 1 aliphatic rings. The molecular formula is C7H14N2OS. The molecule has 1 aliphatic heterocycles. The topological polar surface area (TPSA) is 52.9 Å². The first kappa shape index (κ1) is 8.69. The minimum Gasteiger partial charge on any atom is -0.270 e. The van der Waals surface area contributed by atoms with Crippen LogP contribution < -0.4 is 4.72 Å². The molecule has 1 rings (SSSR count). The van der Waals surface area contributed by atoms with E-state index in [1.807, 2.05) is 0 Å². The third-order valence-corrected chi connectivity index (χ3v) is 5.47. The van der Waals surface area contributed by atoms with Gasteiger partial charge in [-0.2, -0.15) is 5.26 Å². The molecular weight excluding hydrogens is 160 g/mol. The Labute approximate surface area is 68.3 Å². The summed E-state index contributed by atoms with van der Waals surface area (Å²) < 4.78 is 14.1. The molecule has 0 amide bonds. The zero-order valence-corrected chi connectivity index (χ0v) is 7.82. The molecule has 0 saturated carbocycles. The molecule has 1 saturated heterocycles. The summed E-state index contributed by atoms with van der Waals surface area (Å²) in [7, 11) is -2.42. The van der Waals surface area contributed by atoms with Gasteiger partial charge in [0.15, 0.2) is 0 Å². The molecule has 1 heterocycles. The van der Waals surface area contributed by atoms with Crippen molar-refractivity contribution in [1.29, 1.82) is 5.26 Å². The first-order valence-electron chi connectivity index (χ1n) is 3.76. The van der Waals surface area contributed by atoms with Crippen molar-refractivity contribution in [3.05, 3.63) is 0 Å². The Kier molecular flexibility index (Phi) is 2.04. The second-order valence-electron chi connectivity index (χ2n) is 3.32. The lowest BCUT2D eigenvalue weighted by molar-refractivity contribution is 0.553. The largest absolute Gasteiger partial charge is 0.270 e. The van der Waals surface area contributed by atoms with E-state index in [4.69, 9.17) is 5.26 Å². The predicted octanol–water partition coefficient (Wildman–Crippen LogP) is 0.214. The van der Waals surface area contributed by atoms with Crippen LogP contribution in [0, 0.1) is 11.3 Å². The number of hydrogen-bond acceptors (Lipinski definition) is 2. The number of hydrogen-bond donors (Lipinski definition) is 2. The average Bonchev–Trinajstić information content (AvgIpc) is 1.95. The third kappa shape index (κ3) is 1.31. The van der Waals surface area contributed by atoms with Gasteiger partial charge in [0.2, 0.25) is 0 Å².